The summed E-state index contributed by atoms with van der Waals surface area (Å²) >= 11 is 3.43. The van der Waals surface area contributed by atoms with Gasteiger partial charge in [0.2, 0.25) is 0 Å². The Kier molecular flexibility index (Phi) is 6.38. The van der Waals surface area contributed by atoms with Crippen LogP contribution in [0.1, 0.15) is 37.4 Å². The molecule has 1 rings (SSSR count). The van der Waals surface area contributed by atoms with Gasteiger partial charge in [-0.05, 0) is 30.9 Å². The number of aryl methyl sites for hydroxylation is 1. The van der Waals surface area contributed by atoms with Gasteiger partial charge in [-0.2, -0.15) is 0 Å². The van der Waals surface area contributed by atoms with Crippen molar-refractivity contribution in [1.29, 1.82) is 0 Å². The molecular formula is C12H19BrClNO. The van der Waals surface area contributed by atoms with Crippen LogP contribution in [0.5, 0.6) is 5.75 Å². The summed E-state index contributed by atoms with van der Waals surface area (Å²) in [6.45, 7) is 6.13. The minimum absolute atomic E-state index is 0. The van der Waals surface area contributed by atoms with Gasteiger partial charge in [0.25, 0.3) is 0 Å². The van der Waals surface area contributed by atoms with Gasteiger partial charge in [-0.1, -0.05) is 35.8 Å². The molecule has 2 nitrogen and oxygen atoms in total. The van der Waals surface area contributed by atoms with E-state index in [-0.39, 0.29) is 18.4 Å². The average molecular weight is 309 g/mol. The fourth-order valence-electron chi connectivity index (χ4n) is 1.67. The summed E-state index contributed by atoms with van der Waals surface area (Å²) in [6.07, 6.45) is 0.871. The number of phenolic OH excluding ortho intramolecular Hbond substituents is 1. The first kappa shape index (κ1) is 15.8. The van der Waals surface area contributed by atoms with Gasteiger partial charge in [0.15, 0.2) is 0 Å². The first-order valence-electron chi connectivity index (χ1n) is 5.17. The van der Waals surface area contributed by atoms with Gasteiger partial charge in [-0.25, -0.2) is 0 Å². The Balaban J connectivity index is 0.00000225. The van der Waals surface area contributed by atoms with Crippen molar-refractivity contribution in [3.8, 4) is 5.75 Å². The zero-order chi connectivity index (χ0) is 11.6. The summed E-state index contributed by atoms with van der Waals surface area (Å²) in [4.78, 5) is 0. The Morgan fingerprint density at radius 1 is 1.38 bits per heavy atom. The number of benzene rings is 1. The van der Waals surface area contributed by atoms with Gasteiger partial charge < -0.3 is 10.8 Å². The van der Waals surface area contributed by atoms with Crippen molar-refractivity contribution >= 4 is 28.3 Å². The Labute approximate surface area is 112 Å². The minimum Gasteiger partial charge on any atom is -0.507 e. The molecule has 0 radical (unpaired) electrons. The lowest BCUT2D eigenvalue weighted by Crippen LogP contribution is -2.14. The average Bonchev–Trinajstić information content (AvgIpc) is 2.11. The maximum atomic E-state index is 9.95. The molecule has 1 aromatic rings. The maximum absolute atomic E-state index is 9.95. The van der Waals surface area contributed by atoms with Crippen molar-refractivity contribution in [2.24, 2.45) is 11.7 Å². The molecule has 0 fully saturated rings. The third kappa shape index (κ3) is 3.65. The predicted octanol–water partition coefficient (Wildman–Crippen LogP) is 3.93. The smallest absolute Gasteiger partial charge is 0.124 e. The molecule has 0 aliphatic carbocycles. The van der Waals surface area contributed by atoms with E-state index >= 15 is 0 Å². The van der Waals surface area contributed by atoms with E-state index in [4.69, 9.17) is 5.73 Å². The molecule has 0 bridgehead atoms. The minimum atomic E-state index is -0.112. The van der Waals surface area contributed by atoms with Gasteiger partial charge in [0, 0.05) is 16.1 Å². The van der Waals surface area contributed by atoms with Crippen molar-refractivity contribution in [1.82, 2.24) is 0 Å². The van der Waals surface area contributed by atoms with Crippen molar-refractivity contribution in [2.75, 3.05) is 0 Å². The molecule has 3 N–H and O–H groups in total. The highest BCUT2D eigenvalue weighted by molar-refractivity contribution is 9.10. The number of phenols is 1. The number of nitrogens with two attached hydrogens (primary N) is 1. The zero-order valence-corrected chi connectivity index (χ0v) is 12.2. The Morgan fingerprint density at radius 2 is 1.94 bits per heavy atom. The molecule has 1 atom stereocenters. The number of hydrogen-bond donors (Lipinski definition) is 2. The fraction of sp³-hybridized carbons (Fsp3) is 0.500. The van der Waals surface area contributed by atoms with Crippen LogP contribution in [-0.2, 0) is 0 Å². The van der Waals surface area contributed by atoms with Gasteiger partial charge in [0.1, 0.15) is 5.75 Å². The molecule has 0 aliphatic heterocycles. The number of hydrogen-bond acceptors (Lipinski definition) is 2. The molecule has 0 aliphatic rings. The van der Waals surface area contributed by atoms with E-state index in [9.17, 15) is 5.11 Å². The van der Waals surface area contributed by atoms with Crippen LogP contribution in [0.4, 0.5) is 0 Å². The van der Waals surface area contributed by atoms with Gasteiger partial charge >= 0.3 is 0 Å². The molecule has 0 saturated carbocycles. The van der Waals surface area contributed by atoms with Crippen molar-refractivity contribution in [3.63, 3.8) is 0 Å². The van der Waals surface area contributed by atoms with Crippen LogP contribution in [0.3, 0.4) is 0 Å². The van der Waals surface area contributed by atoms with Crippen LogP contribution in [0.2, 0.25) is 0 Å². The van der Waals surface area contributed by atoms with Crippen molar-refractivity contribution < 1.29 is 5.11 Å². The van der Waals surface area contributed by atoms with Crippen molar-refractivity contribution in [2.45, 2.75) is 33.2 Å². The molecule has 0 heterocycles. The highest BCUT2D eigenvalue weighted by Crippen LogP contribution is 2.35. The fourth-order valence-corrected chi connectivity index (χ4v) is 2.28. The van der Waals surface area contributed by atoms with Crippen LogP contribution in [0.25, 0.3) is 0 Å². The summed E-state index contributed by atoms with van der Waals surface area (Å²) in [6, 6.07) is 3.70. The summed E-state index contributed by atoms with van der Waals surface area (Å²) in [7, 11) is 0. The molecule has 0 saturated heterocycles. The summed E-state index contributed by atoms with van der Waals surface area (Å²) < 4.78 is 0.888. The second-order valence-electron chi connectivity index (χ2n) is 4.36. The van der Waals surface area contributed by atoms with Gasteiger partial charge in [-0.3, -0.25) is 0 Å². The molecule has 0 amide bonds. The van der Waals surface area contributed by atoms with Crippen molar-refractivity contribution in [3.05, 3.63) is 27.7 Å². The Morgan fingerprint density at radius 3 is 2.44 bits per heavy atom. The maximum Gasteiger partial charge on any atom is 0.124 e. The van der Waals surface area contributed by atoms with E-state index in [2.05, 4.69) is 29.8 Å². The zero-order valence-electron chi connectivity index (χ0n) is 9.83. The normalized spacial score (nSPS) is 12.4. The third-order valence-electron chi connectivity index (χ3n) is 2.46. The first-order valence-corrected chi connectivity index (χ1v) is 5.96. The van der Waals surface area contributed by atoms with E-state index in [0.717, 1.165) is 22.0 Å². The lowest BCUT2D eigenvalue weighted by molar-refractivity contribution is 0.441. The summed E-state index contributed by atoms with van der Waals surface area (Å²) in [5.41, 5.74) is 7.77. The standard InChI is InChI=1S/C12H18BrNO.ClH/c1-7(2)6-10(14)11-9(13)5-4-8(3)12(11)15;/h4-5,7,10,15H,6,14H2,1-3H3;1H/t10-;/m0./s1. The van der Waals surface area contributed by atoms with Gasteiger partial charge in [0.05, 0.1) is 0 Å². The number of aromatic hydroxyl groups is 1. The van der Waals surface area contributed by atoms with Crippen LogP contribution < -0.4 is 5.73 Å². The molecule has 0 unspecified atom stereocenters. The van der Waals surface area contributed by atoms with Crippen LogP contribution in [-0.4, -0.2) is 5.11 Å². The topological polar surface area (TPSA) is 46.2 Å². The quantitative estimate of drug-likeness (QED) is 0.888. The van der Waals surface area contributed by atoms with E-state index < -0.39 is 0 Å². The van der Waals surface area contributed by atoms with Crippen LogP contribution >= 0.6 is 28.3 Å². The monoisotopic (exact) mass is 307 g/mol. The molecular weight excluding hydrogens is 289 g/mol. The first-order chi connectivity index (χ1) is 6.93. The second-order valence-corrected chi connectivity index (χ2v) is 5.22. The number of halogens is 2. The summed E-state index contributed by atoms with van der Waals surface area (Å²) in [5.74, 6) is 0.837. The van der Waals surface area contributed by atoms with Gasteiger partial charge in [-0.15, -0.1) is 12.4 Å². The van der Waals surface area contributed by atoms with E-state index in [1.165, 1.54) is 0 Å². The largest absolute Gasteiger partial charge is 0.507 e. The molecule has 1 aromatic carbocycles. The SMILES string of the molecule is Cc1ccc(Br)c([C@@H](N)CC(C)C)c1O.Cl. The lowest BCUT2D eigenvalue weighted by Gasteiger charge is -2.18. The third-order valence-corrected chi connectivity index (χ3v) is 3.15. The Bertz CT molecular complexity index is 355. The molecule has 0 spiro atoms. The highest BCUT2D eigenvalue weighted by Gasteiger charge is 2.17. The number of rotatable bonds is 3. The van der Waals surface area contributed by atoms with Crippen LogP contribution in [0, 0.1) is 12.8 Å². The molecule has 0 aromatic heterocycles. The lowest BCUT2D eigenvalue weighted by atomic mass is 9.96. The molecule has 16 heavy (non-hydrogen) atoms. The molecule has 4 heteroatoms. The Hall–Kier alpha value is -0.250. The second kappa shape index (κ2) is 6.48. The molecule has 92 valence electrons. The highest BCUT2D eigenvalue weighted by atomic mass is 79.9. The predicted molar refractivity (Wildman–Crippen MR) is 74.2 cm³/mol. The van der Waals surface area contributed by atoms with E-state index in [0.29, 0.717) is 11.7 Å². The van der Waals surface area contributed by atoms with Crippen LogP contribution in [0.15, 0.2) is 16.6 Å². The van der Waals surface area contributed by atoms with E-state index in [1.807, 2.05) is 19.1 Å². The van der Waals surface area contributed by atoms with E-state index in [1.54, 1.807) is 0 Å². The summed E-state index contributed by atoms with van der Waals surface area (Å²) in [5, 5.41) is 9.95.